The zero-order chi connectivity index (χ0) is 21.6. The Morgan fingerprint density at radius 3 is 2.34 bits per heavy atom. The predicted octanol–water partition coefficient (Wildman–Crippen LogP) is 3.40. The number of benzene rings is 1. The van der Waals surface area contributed by atoms with Crippen LogP contribution in [0, 0.1) is 11.3 Å². The summed E-state index contributed by atoms with van der Waals surface area (Å²) in [7, 11) is 1.59. The van der Waals surface area contributed by atoms with E-state index >= 15 is 0 Å². The third kappa shape index (κ3) is 2.41. The fraction of sp³-hybridized carbons (Fsp3) is 0.609. The average molecular weight is 399 g/mol. The van der Waals surface area contributed by atoms with Gasteiger partial charge in [-0.25, -0.2) is 4.90 Å². The molecule has 3 atom stereocenters. The number of hydrogen-bond acceptors (Lipinski definition) is 5. The lowest BCUT2D eigenvalue weighted by molar-refractivity contribution is -0.263. The Bertz CT molecular complexity index is 943. The standard InChI is InChI=1S/C23H29NO5/c1-20(2,3)14-10-13(28-7)8-9-16(14)24-18(26)22(6)11-15-17(25)12-21(4,5)29-23(15,22)19(24)27/h8-10,15H,11-12H2,1-7H3/t15-,22-,23-/m0/s1. The van der Waals surface area contributed by atoms with E-state index in [2.05, 4.69) is 0 Å². The third-order valence-corrected chi connectivity index (χ3v) is 6.80. The van der Waals surface area contributed by atoms with Crippen molar-refractivity contribution in [1.29, 1.82) is 0 Å². The van der Waals surface area contributed by atoms with Gasteiger partial charge in [-0.1, -0.05) is 20.8 Å². The van der Waals surface area contributed by atoms with E-state index in [1.807, 2.05) is 40.7 Å². The van der Waals surface area contributed by atoms with Crippen molar-refractivity contribution >= 4 is 23.3 Å². The van der Waals surface area contributed by atoms with Gasteiger partial charge in [0, 0.05) is 6.42 Å². The summed E-state index contributed by atoms with van der Waals surface area (Å²) in [6, 6.07) is 5.37. The van der Waals surface area contributed by atoms with Crippen molar-refractivity contribution in [3.05, 3.63) is 23.8 Å². The molecule has 0 N–H and O–H groups in total. The van der Waals surface area contributed by atoms with Gasteiger partial charge in [-0.15, -0.1) is 0 Å². The lowest BCUT2D eigenvalue weighted by Gasteiger charge is -2.59. The summed E-state index contributed by atoms with van der Waals surface area (Å²) < 4.78 is 11.7. The van der Waals surface area contributed by atoms with E-state index in [9.17, 15) is 14.4 Å². The van der Waals surface area contributed by atoms with Crippen molar-refractivity contribution in [1.82, 2.24) is 0 Å². The first kappa shape index (κ1) is 20.1. The van der Waals surface area contributed by atoms with E-state index in [1.165, 1.54) is 4.90 Å². The van der Waals surface area contributed by atoms with Crippen molar-refractivity contribution in [2.45, 2.75) is 71.0 Å². The van der Waals surface area contributed by atoms with Crippen LogP contribution < -0.4 is 9.64 Å². The second-order valence-corrected chi connectivity index (χ2v) is 10.4. The number of methoxy groups -OCH3 is 1. The summed E-state index contributed by atoms with van der Waals surface area (Å²) in [6.07, 6.45) is 0.608. The molecule has 29 heavy (non-hydrogen) atoms. The molecule has 6 heteroatoms. The zero-order valence-electron chi connectivity index (χ0n) is 18.2. The minimum Gasteiger partial charge on any atom is -0.497 e. The van der Waals surface area contributed by atoms with Crippen LogP contribution in [0.15, 0.2) is 18.2 Å². The number of hydrogen-bond donors (Lipinski definition) is 0. The minimum atomic E-state index is -1.40. The smallest absolute Gasteiger partial charge is 0.267 e. The van der Waals surface area contributed by atoms with Gasteiger partial charge in [0.1, 0.15) is 11.5 Å². The number of anilines is 1. The molecule has 0 unspecified atom stereocenters. The van der Waals surface area contributed by atoms with Crippen LogP contribution in [0.2, 0.25) is 0 Å². The Balaban J connectivity index is 1.88. The molecule has 6 nitrogen and oxygen atoms in total. The lowest BCUT2D eigenvalue weighted by Crippen LogP contribution is -2.73. The molecular weight excluding hydrogens is 370 g/mol. The highest BCUT2D eigenvalue weighted by atomic mass is 16.5. The largest absolute Gasteiger partial charge is 0.497 e. The van der Waals surface area contributed by atoms with Gasteiger partial charge in [-0.3, -0.25) is 14.4 Å². The highest BCUT2D eigenvalue weighted by molar-refractivity contribution is 6.29. The normalized spacial score (nSPS) is 33.3. The Labute approximate surface area is 171 Å². The first-order valence-electron chi connectivity index (χ1n) is 10.1. The molecule has 0 bridgehead atoms. The number of ketones is 1. The topological polar surface area (TPSA) is 72.9 Å². The summed E-state index contributed by atoms with van der Waals surface area (Å²) in [4.78, 5) is 41.4. The van der Waals surface area contributed by atoms with Gasteiger partial charge in [0.2, 0.25) is 5.91 Å². The monoisotopic (exact) mass is 399 g/mol. The van der Waals surface area contributed by atoms with Crippen molar-refractivity contribution in [3.63, 3.8) is 0 Å². The Morgan fingerprint density at radius 2 is 1.76 bits per heavy atom. The second-order valence-electron chi connectivity index (χ2n) is 10.4. The number of Topliss-reactive ketones (excluding diaryl/α,β-unsaturated/α-hetero) is 1. The maximum absolute atomic E-state index is 13.8. The number of carbonyl (C=O) groups excluding carboxylic acids is 3. The van der Waals surface area contributed by atoms with E-state index in [1.54, 1.807) is 26.2 Å². The number of rotatable bonds is 2. The highest BCUT2D eigenvalue weighted by Gasteiger charge is 2.82. The Kier molecular flexibility index (Phi) is 3.94. The molecule has 1 saturated carbocycles. The van der Waals surface area contributed by atoms with Gasteiger partial charge < -0.3 is 9.47 Å². The Morgan fingerprint density at radius 1 is 1.10 bits per heavy atom. The van der Waals surface area contributed by atoms with E-state index in [0.717, 1.165) is 5.56 Å². The molecule has 2 saturated heterocycles. The molecule has 2 aliphatic heterocycles. The fourth-order valence-electron chi connectivity index (χ4n) is 5.33. The van der Waals surface area contributed by atoms with Gasteiger partial charge in [-0.05, 0) is 56.4 Å². The van der Waals surface area contributed by atoms with E-state index in [4.69, 9.17) is 9.47 Å². The molecule has 3 fully saturated rings. The van der Waals surface area contributed by atoms with Gasteiger partial charge in [0.15, 0.2) is 5.60 Å². The number of ether oxygens (including phenoxy) is 2. The van der Waals surface area contributed by atoms with Crippen LogP contribution >= 0.6 is 0 Å². The number of imide groups is 1. The number of carbonyl (C=O) groups is 3. The SMILES string of the molecule is COc1ccc(N2C(=O)[C@]3(C)C[C@H]4C(=O)CC(C)(C)O[C@]43C2=O)c(C(C)(C)C)c1. The van der Waals surface area contributed by atoms with Crippen molar-refractivity contribution < 1.29 is 23.9 Å². The van der Waals surface area contributed by atoms with Crippen molar-refractivity contribution in [3.8, 4) is 5.75 Å². The molecule has 1 aliphatic carbocycles. The number of nitrogens with zero attached hydrogens (tertiary/aromatic N) is 1. The second kappa shape index (κ2) is 5.69. The Hall–Kier alpha value is -2.21. The third-order valence-electron chi connectivity index (χ3n) is 6.80. The first-order valence-corrected chi connectivity index (χ1v) is 10.1. The highest BCUT2D eigenvalue weighted by Crippen LogP contribution is 2.66. The molecule has 0 radical (unpaired) electrons. The summed E-state index contributed by atoms with van der Waals surface area (Å²) in [5.41, 5.74) is -2.18. The summed E-state index contributed by atoms with van der Waals surface area (Å²) >= 11 is 0. The molecule has 2 amide bonds. The maximum Gasteiger partial charge on any atom is 0.267 e. The predicted molar refractivity (Wildman–Crippen MR) is 108 cm³/mol. The minimum absolute atomic E-state index is 0.00695. The summed E-state index contributed by atoms with van der Waals surface area (Å²) in [5.74, 6) is -0.600. The van der Waals surface area contributed by atoms with E-state index in [-0.39, 0.29) is 23.5 Å². The van der Waals surface area contributed by atoms with Crippen LogP contribution in [0.25, 0.3) is 0 Å². The maximum atomic E-state index is 13.8. The molecule has 2 heterocycles. The fourth-order valence-corrected chi connectivity index (χ4v) is 5.33. The van der Waals surface area contributed by atoms with Gasteiger partial charge in [0.25, 0.3) is 5.91 Å². The van der Waals surface area contributed by atoms with Crippen LogP contribution in [0.1, 0.15) is 59.9 Å². The molecule has 1 spiro atoms. The molecule has 4 rings (SSSR count). The molecule has 3 aliphatic rings. The van der Waals surface area contributed by atoms with Crippen molar-refractivity contribution in [2.24, 2.45) is 11.3 Å². The van der Waals surface area contributed by atoms with Gasteiger partial charge in [0.05, 0.1) is 29.7 Å². The van der Waals surface area contributed by atoms with Gasteiger partial charge >= 0.3 is 0 Å². The summed E-state index contributed by atoms with van der Waals surface area (Å²) in [6.45, 7) is 11.5. The van der Waals surface area contributed by atoms with E-state index < -0.39 is 28.4 Å². The average Bonchev–Trinajstić information content (AvgIpc) is 2.70. The summed E-state index contributed by atoms with van der Waals surface area (Å²) in [5, 5.41) is 0. The van der Waals surface area contributed by atoms with Crippen LogP contribution in [0.5, 0.6) is 5.75 Å². The molecule has 1 aromatic rings. The molecule has 156 valence electrons. The molecule has 1 aromatic carbocycles. The lowest BCUT2D eigenvalue weighted by atomic mass is 9.49. The van der Waals surface area contributed by atoms with Crippen LogP contribution in [0.4, 0.5) is 5.69 Å². The number of amides is 2. The van der Waals surface area contributed by atoms with Crippen LogP contribution in [-0.4, -0.2) is 35.9 Å². The van der Waals surface area contributed by atoms with Gasteiger partial charge in [-0.2, -0.15) is 0 Å². The first-order chi connectivity index (χ1) is 13.3. The van der Waals surface area contributed by atoms with Crippen molar-refractivity contribution in [2.75, 3.05) is 12.0 Å². The quantitative estimate of drug-likeness (QED) is 0.713. The molecular formula is C23H29NO5. The van der Waals surface area contributed by atoms with Crippen LogP contribution in [0.3, 0.4) is 0 Å². The van der Waals surface area contributed by atoms with E-state index in [0.29, 0.717) is 17.9 Å². The zero-order valence-corrected chi connectivity index (χ0v) is 18.2. The van der Waals surface area contributed by atoms with Crippen LogP contribution in [-0.2, 0) is 24.5 Å². The molecule has 0 aromatic heterocycles.